The summed E-state index contributed by atoms with van der Waals surface area (Å²) in [7, 11) is 0. The summed E-state index contributed by atoms with van der Waals surface area (Å²) in [6.45, 7) is 6.02. The number of carbonyl (C=O) groups excluding carboxylic acids is 1. The average Bonchev–Trinajstić information content (AvgIpc) is 2.97. The number of benzene rings is 1. The van der Waals surface area contributed by atoms with Gasteiger partial charge >= 0.3 is 0 Å². The minimum Gasteiger partial charge on any atom is -0.325 e. The average molecular weight is 382 g/mol. The third kappa shape index (κ3) is 3.41. The number of aryl methyl sites for hydroxylation is 3. The second kappa shape index (κ2) is 6.93. The summed E-state index contributed by atoms with van der Waals surface area (Å²) in [5.74, 6) is 1.01. The van der Waals surface area contributed by atoms with Crippen LogP contribution >= 0.6 is 11.3 Å². The molecular weight excluding hydrogens is 358 g/mol. The fourth-order valence-electron chi connectivity index (χ4n) is 3.69. The lowest BCUT2D eigenvalue weighted by molar-refractivity contribution is -0.116. The van der Waals surface area contributed by atoms with E-state index >= 15 is 0 Å². The van der Waals surface area contributed by atoms with Gasteiger partial charge in [0.05, 0.1) is 5.39 Å². The quantitative estimate of drug-likeness (QED) is 0.750. The molecule has 1 unspecified atom stereocenters. The maximum Gasteiger partial charge on any atom is 0.263 e. The summed E-state index contributed by atoms with van der Waals surface area (Å²) < 4.78 is 1.50. The van der Waals surface area contributed by atoms with Crippen molar-refractivity contribution < 1.29 is 4.79 Å². The zero-order valence-corrected chi connectivity index (χ0v) is 16.7. The number of thiophene rings is 1. The molecule has 0 saturated carbocycles. The normalized spacial score (nSPS) is 16.3. The highest BCUT2D eigenvalue weighted by atomic mass is 32.1. The Morgan fingerprint density at radius 3 is 2.78 bits per heavy atom. The number of anilines is 1. The van der Waals surface area contributed by atoms with Gasteiger partial charge in [0, 0.05) is 10.6 Å². The van der Waals surface area contributed by atoms with Gasteiger partial charge in [-0.1, -0.05) is 24.6 Å². The number of fused-ring (bicyclic) bond motifs is 3. The third-order valence-corrected chi connectivity index (χ3v) is 6.39. The molecule has 1 aliphatic carbocycles. The lowest BCUT2D eigenvalue weighted by Crippen LogP contribution is -2.30. The van der Waals surface area contributed by atoms with Crippen LogP contribution in [0.4, 0.5) is 5.69 Å². The van der Waals surface area contributed by atoms with E-state index in [1.54, 1.807) is 18.3 Å². The zero-order chi connectivity index (χ0) is 19.1. The van der Waals surface area contributed by atoms with Crippen LogP contribution in [-0.2, 0) is 24.2 Å². The van der Waals surface area contributed by atoms with Crippen LogP contribution in [0.15, 0.2) is 29.1 Å². The van der Waals surface area contributed by atoms with E-state index in [9.17, 15) is 9.59 Å². The number of rotatable bonds is 3. The third-order valence-electron chi connectivity index (χ3n) is 5.24. The fourth-order valence-corrected chi connectivity index (χ4v) is 5.11. The van der Waals surface area contributed by atoms with E-state index in [2.05, 4.69) is 17.2 Å². The van der Waals surface area contributed by atoms with E-state index in [4.69, 9.17) is 0 Å². The van der Waals surface area contributed by atoms with Gasteiger partial charge in [0.1, 0.15) is 17.2 Å². The van der Waals surface area contributed by atoms with E-state index in [0.29, 0.717) is 11.7 Å². The van der Waals surface area contributed by atoms with E-state index in [-0.39, 0.29) is 18.0 Å². The van der Waals surface area contributed by atoms with E-state index < -0.39 is 0 Å². The largest absolute Gasteiger partial charge is 0.325 e. The highest BCUT2D eigenvalue weighted by Crippen LogP contribution is 2.35. The summed E-state index contributed by atoms with van der Waals surface area (Å²) in [6.07, 6.45) is 3.04. The van der Waals surface area contributed by atoms with Crippen LogP contribution in [0.1, 0.15) is 35.2 Å². The molecule has 0 bridgehead atoms. The molecule has 1 atom stereocenters. The Bertz CT molecular complexity index is 1080. The summed E-state index contributed by atoms with van der Waals surface area (Å²) in [6, 6.07) is 7.61. The second-order valence-electron chi connectivity index (χ2n) is 7.50. The number of aromatic nitrogens is 2. The highest BCUT2D eigenvalue weighted by Gasteiger charge is 2.24. The van der Waals surface area contributed by atoms with Crippen molar-refractivity contribution in [3.63, 3.8) is 0 Å². The van der Waals surface area contributed by atoms with Crippen LogP contribution in [0.5, 0.6) is 0 Å². The van der Waals surface area contributed by atoms with Crippen molar-refractivity contribution in [1.82, 2.24) is 9.55 Å². The number of hydrogen-bond acceptors (Lipinski definition) is 4. The van der Waals surface area contributed by atoms with E-state index in [1.807, 2.05) is 31.2 Å². The standard InChI is InChI=1S/C21H23N3O2S/c1-12-4-7-15(8-5-12)23-18(25)11-24-14(3)22-20-19(21(24)26)16-9-6-13(2)10-17(16)27-20/h4-5,7-8,13H,6,9-11H2,1-3H3,(H,23,25). The van der Waals surface area contributed by atoms with Crippen LogP contribution in [0.25, 0.3) is 10.2 Å². The first kappa shape index (κ1) is 17.9. The smallest absolute Gasteiger partial charge is 0.263 e. The molecule has 27 heavy (non-hydrogen) atoms. The molecule has 4 rings (SSSR count). The van der Waals surface area contributed by atoms with Crippen molar-refractivity contribution in [2.45, 2.75) is 46.6 Å². The molecule has 140 valence electrons. The Labute approximate surface area is 162 Å². The predicted octanol–water partition coefficient (Wildman–Crippen LogP) is 3.84. The maximum atomic E-state index is 13.1. The molecule has 0 radical (unpaired) electrons. The fraction of sp³-hybridized carbons (Fsp3) is 0.381. The Balaban J connectivity index is 1.66. The van der Waals surface area contributed by atoms with Gasteiger partial charge in [0.25, 0.3) is 5.56 Å². The molecule has 2 aromatic heterocycles. The summed E-state index contributed by atoms with van der Waals surface area (Å²) in [5.41, 5.74) is 2.92. The minimum atomic E-state index is -0.220. The van der Waals surface area contributed by atoms with E-state index in [1.165, 1.54) is 9.44 Å². The Morgan fingerprint density at radius 2 is 2.04 bits per heavy atom. The summed E-state index contributed by atoms with van der Waals surface area (Å²) >= 11 is 1.64. The van der Waals surface area contributed by atoms with Gasteiger partial charge in [0.15, 0.2) is 0 Å². The number of amides is 1. The zero-order valence-electron chi connectivity index (χ0n) is 15.8. The summed E-state index contributed by atoms with van der Waals surface area (Å²) in [5, 5.41) is 3.58. The van der Waals surface area contributed by atoms with Gasteiger partial charge in [0.2, 0.25) is 5.91 Å². The molecule has 2 heterocycles. The molecular formula is C21H23N3O2S. The van der Waals surface area contributed by atoms with Crippen molar-refractivity contribution in [3.8, 4) is 0 Å². The summed E-state index contributed by atoms with van der Waals surface area (Å²) in [4.78, 5) is 32.4. The number of hydrogen-bond donors (Lipinski definition) is 1. The first-order chi connectivity index (χ1) is 12.9. The molecule has 1 N–H and O–H groups in total. The molecule has 5 nitrogen and oxygen atoms in total. The molecule has 0 aliphatic heterocycles. The van der Waals surface area contributed by atoms with Gasteiger partial charge in [-0.2, -0.15) is 0 Å². The first-order valence-corrected chi connectivity index (χ1v) is 10.1. The molecule has 0 fully saturated rings. The van der Waals surface area contributed by atoms with Crippen LogP contribution < -0.4 is 10.9 Å². The number of nitrogens with zero attached hydrogens (tertiary/aromatic N) is 2. The van der Waals surface area contributed by atoms with Crippen molar-refractivity contribution in [3.05, 3.63) is 56.4 Å². The molecule has 0 spiro atoms. The predicted molar refractivity (Wildman–Crippen MR) is 110 cm³/mol. The van der Waals surface area contributed by atoms with Crippen LogP contribution in [0.2, 0.25) is 0 Å². The topological polar surface area (TPSA) is 64.0 Å². The van der Waals surface area contributed by atoms with Gasteiger partial charge in [-0.3, -0.25) is 14.2 Å². The lowest BCUT2D eigenvalue weighted by Gasteiger charge is -2.17. The first-order valence-electron chi connectivity index (χ1n) is 9.30. The molecule has 3 aromatic rings. The van der Waals surface area contributed by atoms with Gasteiger partial charge in [-0.15, -0.1) is 11.3 Å². The SMILES string of the molecule is Cc1ccc(NC(=O)Cn2c(C)nc3sc4c(c3c2=O)CCC(C)C4)cc1. The maximum absolute atomic E-state index is 13.1. The van der Waals surface area contributed by atoms with Crippen molar-refractivity contribution in [2.75, 3.05) is 5.32 Å². The van der Waals surface area contributed by atoms with Gasteiger partial charge in [-0.05, 0) is 56.7 Å². The molecule has 0 saturated heterocycles. The lowest BCUT2D eigenvalue weighted by atomic mass is 9.89. The molecule has 6 heteroatoms. The minimum absolute atomic E-state index is 0.0253. The Kier molecular flexibility index (Phi) is 4.60. The van der Waals surface area contributed by atoms with Crippen molar-refractivity contribution in [2.24, 2.45) is 5.92 Å². The Morgan fingerprint density at radius 1 is 1.30 bits per heavy atom. The highest BCUT2D eigenvalue weighted by molar-refractivity contribution is 7.18. The molecule has 1 amide bonds. The number of carbonyl (C=O) groups is 1. The van der Waals surface area contributed by atoms with E-state index in [0.717, 1.165) is 46.3 Å². The van der Waals surface area contributed by atoms with Crippen molar-refractivity contribution in [1.29, 1.82) is 0 Å². The van der Waals surface area contributed by atoms with Crippen LogP contribution in [0.3, 0.4) is 0 Å². The second-order valence-corrected chi connectivity index (χ2v) is 8.58. The van der Waals surface area contributed by atoms with Gasteiger partial charge < -0.3 is 5.32 Å². The monoisotopic (exact) mass is 381 g/mol. The van der Waals surface area contributed by atoms with Crippen molar-refractivity contribution >= 4 is 33.1 Å². The molecule has 1 aliphatic rings. The molecule has 1 aromatic carbocycles. The van der Waals surface area contributed by atoms with Crippen LogP contribution in [0, 0.1) is 19.8 Å². The number of nitrogens with one attached hydrogen (secondary N) is 1. The van der Waals surface area contributed by atoms with Crippen LogP contribution in [-0.4, -0.2) is 15.5 Å². The Hall–Kier alpha value is -2.47. The van der Waals surface area contributed by atoms with Gasteiger partial charge in [-0.25, -0.2) is 4.98 Å².